The van der Waals surface area contributed by atoms with Gasteiger partial charge in [0.25, 0.3) is 5.91 Å². The van der Waals surface area contributed by atoms with Gasteiger partial charge in [0.1, 0.15) is 18.0 Å². The van der Waals surface area contributed by atoms with Gasteiger partial charge >= 0.3 is 0 Å². The van der Waals surface area contributed by atoms with Crippen molar-refractivity contribution in [2.45, 2.75) is 57.8 Å². The van der Waals surface area contributed by atoms with Crippen molar-refractivity contribution in [1.29, 1.82) is 0 Å². The molecule has 0 radical (unpaired) electrons. The van der Waals surface area contributed by atoms with Gasteiger partial charge in [0, 0.05) is 35.8 Å². The third-order valence-corrected chi connectivity index (χ3v) is 6.38. The molecule has 180 valence electrons. The lowest BCUT2D eigenvalue weighted by atomic mass is 10.0. The summed E-state index contributed by atoms with van der Waals surface area (Å²) in [7, 11) is 0. The highest BCUT2D eigenvalue weighted by molar-refractivity contribution is 5.94. The molecule has 4 rings (SSSR count). The molecule has 0 bridgehead atoms. The zero-order valence-electron chi connectivity index (χ0n) is 20.1. The van der Waals surface area contributed by atoms with Gasteiger partial charge in [-0.25, -0.2) is 0 Å². The lowest BCUT2D eigenvalue weighted by molar-refractivity contribution is 0.0733. The van der Waals surface area contributed by atoms with E-state index in [4.69, 9.17) is 4.74 Å². The van der Waals surface area contributed by atoms with E-state index in [0.29, 0.717) is 25.3 Å². The predicted molar refractivity (Wildman–Crippen MR) is 131 cm³/mol. The average Bonchev–Trinajstić information content (AvgIpc) is 3.04. The topological polar surface area (TPSA) is 73.2 Å². The second-order valence-corrected chi connectivity index (χ2v) is 9.71. The number of amides is 1. The van der Waals surface area contributed by atoms with Crippen LogP contribution in [0.3, 0.4) is 0 Å². The molecular formula is C28H34N2O4. The summed E-state index contributed by atoms with van der Waals surface area (Å²) in [5.41, 5.74) is 2.49. The highest BCUT2D eigenvalue weighted by atomic mass is 16.5. The molecule has 6 nitrogen and oxygen atoms in total. The number of ether oxygens (including phenoxy) is 1. The van der Waals surface area contributed by atoms with E-state index in [-0.39, 0.29) is 18.6 Å². The average molecular weight is 463 g/mol. The number of carbonyl (C=O) groups excluding carboxylic acids is 1. The Kier molecular flexibility index (Phi) is 7.57. The van der Waals surface area contributed by atoms with Crippen molar-refractivity contribution < 1.29 is 19.7 Å². The van der Waals surface area contributed by atoms with Crippen LogP contribution in [0.1, 0.15) is 60.2 Å². The fraction of sp³-hybridized carbons (Fsp3) is 0.464. The summed E-state index contributed by atoms with van der Waals surface area (Å²) in [6.07, 6.45) is 3.37. The number of benzene rings is 2. The van der Waals surface area contributed by atoms with Gasteiger partial charge in [-0.3, -0.25) is 9.69 Å². The maximum atomic E-state index is 13.2. The summed E-state index contributed by atoms with van der Waals surface area (Å²) < 4.78 is 5.95. The Balaban J connectivity index is 1.47. The van der Waals surface area contributed by atoms with Crippen molar-refractivity contribution in [1.82, 2.24) is 9.80 Å². The number of fused-ring (bicyclic) bond motifs is 1. The van der Waals surface area contributed by atoms with Gasteiger partial charge in [0.2, 0.25) is 0 Å². The first-order valence-corrected chi connectivity index (χ1v) is 12.1. The summed E-state index contributed by atoms with van der Waals surface area (Å²) >= 11 is 0. The quantitative estimate of drug-likeness (QED) is 0.683. The molecule has 0 spiro atoms. The van der Waals surface area contributed by atoms with Crippen LogP contribution >= 0.6 is 0 Å². The monoisotopic (exact) mass is 462 g/mol. The minimum atomic E-state index is -1.06. The zero-order chi connectivity index (χ0) is 24.1. The third-order valence-electron chi connectivity index (χ3n) is 6.38. The molecule has 1 amide bonds. The van der Waals surface area contributed by atoms with E-state index in [1.54, 1.807) is 26.0 Å². The SMILES string of the molecule is CC(C)(O)C#Cc1ccc(C(=O)N2CCOc3ccc(CN4CCCCC4CO)cc3C2)cc1. The fourth-order valence-electron chi connectivity index (χ4n) is 4.53. The van der Waals surface area contributed by atoms with Gasteiger partial charge in [-0.05, 0) is 75.2 Å². The molecule has 1 fully saturated rings. The second kappa shape index (κ2) is 10.6. The van der Waals surface area contributed by atoms with Crippen LogP contribution in [0.25, 0.3) is 0 Å². The van der Waals surface area contributed by atoms with Crippen molar-refractivity contribution in [2.75, 3.05) is 26.3 Å². The number of carbonyl (C=O) groups is 1. The maximum absolute atomic E-state index is 13.2. The minimum Gasteiger partial charge on any atom is -0.491 e. The van der Waals surface area contributed by atoms with Crippen LogP contribution in [0.2, 0.25) is 0 Å². The summed E-state index contributed by atoms with van der Waals surface area (Å²) in [6, 6.07) is 13.6. The molecule has 0 saturated carbocycles. The molecule has 2 aromatic rings. The molecule has 34 heavy (non-hydrogen) atoms. The Hall–Kier alpha value is -2.85. The van der Waals surface area contributed by atoms with E-state index in [1.807, 2.05) is 23.1 Å². The van der Waals surface area contributed by atoms with Gasteiger partial charge in [-0.1, -0.05) is 24.3 Å². The second-order valence-electron chi connectivity index (χ2n) is 9.71. The fourth-order valence-corrected chi connectivity index (χ4v) is 4.53. The normalized spacial score (nSPS) is 18.8. The Bertz CT molecular complexity index is 1060. The molecular weight excluding hydrogens is 428 g/mol. The molecule has 6 heteroatoms. The molecule has 1 unspecified atom stereocenters. The van der Waals surface area contributed by atoms with Crippen molar-refractivity contribution in [3.8, 4) is 17.6 Å². The van der Waals surface area contributed by atoms with Crippen LogP contribution < -0.4 is 4.74 Å². The molecule has 2 aliphatic rings. The van der Waals surface area contributed by atoms with Crippen LogP contribution in [0.4, 0.5) is 0 Å². The number of aliphatic hydroxyl groups is 2. The van der Waals surface area contributed by atoms with E-state index in [9.17, 15) is 15.0 Å². The highest BCUT2D eigenvalue weighted by Gasteiger charge is 2.24. The van der Waals surface area contributed by atoms with E-state index in [2.05, 4.69) is 28.9 Å². The van der Waals surface area contributed by atoms with Crippen LogP contribution in [-0.2, 0) is 13.1 Å². The molecule has 1 saturated heterocycles. The third kappa shape index (κ3) is 6.18. The van der Waals surface area contributed by atoms with Crippen LogP contribution in [0.15, 0.2) is 42.5 Å². The Morgan fingerprint density at radius 1 is 1.15 bits per heavy atom. The standard InChI is InChI=1S/C28H34N2O4/c1-28(2,33)13-12-21-6-9-23(10-7-21)27(32)30-15-16-34-26-11-8-22(17-24(26)19-30)18-29-14-4-3-5-25(29)20-31/h6-11,17,25,31,33H,3-5,14-16,18-20H2,1-2H3. The van der Waals surface area contributed by atoms with Crippen LogP contribution in [0, 0.1) is 11.8 Å². The first-order valence-electron chi connectivity index (χ1n) is 12.1. The van der Waals surface area contributed by atoms with Crippen molar-refractivity contribution in [2.24, 2.45) is 0 Å². The Labute approximate surface area is 202 Å². The van der Waals surface area contributed by atoms with Crippen molar-refractivity contribution in [3.63, 3.8) is 0 Å². The number of hydrogen-bond donors (Lipinski definition) is 2. The summed E-state index contributed by atoms with van der Waals surface area (Å²) in [6.45, 7) is 6.72. The van der Waals surface area contributed by atoms with Crippen molar-refractivity contribution >= 4 is 5.91 Å². The predicted octanol–water partition coefficient (Wildman–Crippen LogP) is 3.19. The van der Waals surface area contributed by atoms with Gasteiger partial charge in [0.05, 0.1) is 13.2 Å². The first kappa shape index (κ1) is 24.3. The lowest BCUT2D eigenvalue weighted by Gasteiger charge is -2.34. The minimum absolute atomic E-state index is 0.0415. The summed E-state index contributed by atoms with van der Waals surface area (Å²) in [5.74, 6) is 6.51. The van der Waals surface area contributed by atoms with Gasteiger partial charge in [-0.15, -0.1) is 0 Å². The number of likely N-dealkylation sites (tertiary alicyclic amines) is 1. The number of aliphatic hydroxyl groups excluding tert-OH is 1. The lowest BCUT2D eigenvalue weighted by Crippen LogP contribution is -2.41. The van der Waals surface area contributed by atoms with E-state index in [0.717, 1.165) is 42.8 Å². The van der Waals surface area contributed by atoms with Gasteiger partial charge in [0.15, 0.2) is 0 Å². The molecule has 0 aromatic heterocycles. The van der Waals surface area contributed by atoms with E-state index in [1.165, 1.54) is 12.0 Å². The first-order chi connectivity index (χ1) is 16.3. The molecule has 2 N–H and O–H groups in total. The van der Waals surface area contributed by atoms with Gasteiger partial charge < -0.3 is 19.8 Å². The number of rotatable bonds is 4. The highest BCUT2D eigenvalue weighted by Crippen LogP contribution is 2.27. The van der Waals surface area contributed by atoms with Gasteiger partial charge in [-0.2, -0.15) is 0 Å². The van der Waals surface area contributed by atoms with E-state index >= 15 is 0 Å². The Morgan fingerprint density at radius 3 is 2.68 bits per heavy atom. The Morgan fingerprint density at radius 2 is 1.94 bits per heavy atom. The number of nitrogens with zero attached hydrogens (tertiary/aromatic N) is 2. The van der Waals surface area contributed by atoms with Crippen LogP contribution in [-0.4, -0.2) is 63.9 Å². The number of hydrogen-bond acceptors (Lipinski definition) is 5. The summed E-state index contributed by atoms with van der Waals surface area (Å²) in [4.78, 5) is 17.4. The smallest absolute Gasteiger partial charge is 0.254 e. The summed E-state index contributed by atoms with van der Waals surface area (Å²) in [5, 5.41) is 19.5. The molecule has 0 aliphatic carbocycles. The molecule has 2 aromatic carbocycles. The zero-order valence-corrected chi connectivity index (χ0v) is 20.1. The van der Waals surface area contributed by atoms with Crippen molar-refractivity contribution in [3.05, 3.63) is 64.7 Å². The maximum Gasteiger partial charge on any atom is 0.254 e. The largest absolute Gasteiger partial charge is 0.491 e. The molecule has 2 aliphatic heterocycles. The van der Waals surface area contributed by atoms with Crippen LogP contribution in [0.5, 0.6) is 5.75 Å². The number of piperidine rings is 1. The van der Waals surface area contributed by atoms with E-state index < -0.39 is 5.60 Å². The molecule has 2 heterocycles. The molecule has 1 atom stereocenters.